The molecule has 3 saturated heterocycles. The topological polar surface area (TPSA) is 90.4 Å². The summed E-state index contributed by atoms with van der Waals surface area (Å²) in [5, 5.41) is 10.7. The Balaban J connectivity index is 1.81. The van der Waals surface area contributed by atoms with Crippen molar-refractivity contribution >= 4 is 17.7 Å². The molecule has 1 N–H and O–H groups in total. The van der Waals surface area contributed by atoms with Crippen molar-refractivity contribution in [2.45, 2.75) is 110 Å². The lowest BCUT2D eigenvalue weighted by molar-refractivity contribution is -0.157. The molecular formula is C37H55N3O5. The summed E-state index contributed by atoms with van der Waals surface area (Å²) in [6, 6.07) is 8.24. The van der Waals surface area contributed by atoms with E-state index >= 15 is 4.79 Å². The molecule has 45 heavy (non-hydrogen) atoms. The third kappa shape index (κ3) is 6.50. The van der Waals surface area contributed by atoms with Gasteiger partial charge in [0.1, 0.15) is 11.6 Å². The summed E-state index contributed by atoms with van der Waals surface area (Å²) in [7, 11) is 0. The number of benzene rings is 1. The van der Waals surface area contributed by atoms with Crippen LogP contribution in [0.3, 0.4) is 0 Å². The first kappa shape index (κ1) is 34.9. The van der Waals surface area contributed by atoms with Gasteiger partial charge in [0, 0.05) is 25.2 Å². The Morgan fingerprint density at radius 3 is 2.31 bits per heavy atom. The number of aliphatic hydroxyl groups is 1. The monoisotopic (exact) mass is 621 g/mol. The molecule has 7 atom stereocenters. The van der Waals surface area contributed by atoms with Gasteiger partial charge < -0.3 is 24.5 Å². The predicted molar refractivity (Wildman–Crippen MR) is 177 cm³/mol. The minimum atomic E-state index is -1.15. The van der Waals surface area contributed by atoms with Crippen LogP contribution in [0.15, 0.2) is 55.6 Å². The average Bonchev–Trinajstić information content (AvgIpc) is 3.62. The first-order valence-corrected chi connectivity index (χ1v) is 16.6. The van der Waals surface area contributed by atoms with Crippen LogP contribution in [0.2, 0.25) is 0 Å². The molecule has 2 bridgehead atoms. The molecule has 2 unspecified atom stereocenters. The maximum Gasteiger partial charge on any atom is 0.249 e. The zero-order valence-corrected chi connectivity index (χ0v) is 28.5. The molecule has 248 valence electrons. The van der Waals surface area contributed by atoms with E-state index in [0.29, 0.717) is 32.5 Å². The lowest BCUT2D eigenvalue weighted by Crippen LogP contribution is -2.63. The fourth-order valence-corrected chi connectivity index (χ4v) is 8.53. The molecule has 0 aliphatic carbocycles. The largest absolute Gasteiger partial charge is 0.394 e. The Labute approximate surface area is 270 Å². The van der Waals surface area contributed by atoms with E-state index in [1.165, 1.54) is 0 Å². The Hall–Kier alpha value is -2.97. The van der Waals surface area contributed by atoms with Crippen LogP contribution in [0, 0.1) is 23.2 Å². The Bertz CT molecular complexity index is 1260. The molecule has 1 aromatic rings. The molecule has 4 rings (SSSR count). The van der Waals surface area contributed by atoms with E-state index < -0.39 is 41.2 Å². The summed E-state index contributed by atoms with van der Waals surface area (Å²) in [6.07, 6.45) is 5.51. The van der Waals surface area contributed by atoms with Gasteiger partial charge in [-0.3, -0.25) is 14.4 Å². The zero-order valence-electron chi connectivity index (χ0n) is 28.5. The van der Waals surface area contributed by atoms with E-state index in [0.717, 1.165) is 18.4 Å². The Morgan fingerprint density at radius 1 is 1.11 bits per heavy atom. The van der Waals surface area contributed by atoms with Gasteiger partial charge in [-0.25, -0.2) is 0 Å². The molecule has 3 fully saturated rings. The Kier molecular flexibility index (Phi) is 10.4. The highest BCUT2D eigenvalue weighted by atomic mass is 16.5. The second-order valence-corrected chi connectivity index (χ2v) is 15.2. The number of ether oxygens (including phenoxy) is 1. The van der Waals surface area contributed by atoms with Crippen molar-refractivity contribution < 1.29 is 24.2 Å². The van der Waals surface area contributed by atoms with Gasteiger partial charge in [0.2, 0.25) is 17.7 Å². The summed E-state index contributed by atoms with van der Waals surface area (Å²) in [4.78, 5) is 49.5. The first-order chi connectivity index (χ1) is 21.2. The number of hydrogen-bond acceptors (Lipinski definition) is 5. The third-order valence-electron chi connectivity index (χ3n) is 10.3. The van der Waals surface area contributed by atoms with E-state index in [4.69, 9.17) is 4.74 Å². The molecule has 3 aliphatic rings. The van der Waals surface area contributed by atoms with Gasteiger partial charge >= 0.3 is 0 Å². The van der Waals surface area contributed by atoms with Crippen molar-refractivity contribution in [1.29, 1.82) is 0 Å². The van der Waals surface area contributed by atoms with E-state index in [1.807, 2.05) is 49.1 Å². The number of amides is 3. The number of nitrogens with zero attached hydrogens (tertiary/aromatic N) is 3. The summed E-state index contributed by atoms with van der Waals surface area (Å²) in [5.41, 5.74) is -0.783. The average molecular weight is 622 g/mol. The van der Waals surface area contributed by atoms with E-state index in [1.54, 1.807) is 22.0 Å². The minimum absolute atomic E-state index is 0.0627. The molecule has 8 heteroatoms. The first-order valence-electron chi connectivity index (χ1n) is 16.6. The van der Waals surface area contributed by atoms with E-state index in [9.17, 15) is 14.7 Å². The molecule has 1 aromatic carbocycles. The van der Waals surface area contributed by atoms with Crippen molar-refractivity contribution in [3.8, 4) is 0 Å². The molecule has 8 nitrogen and oxygen atoms in total. The van der Waals surface area contributed by atoms with Gasteiger partial charge in [0.15, 0.2) is 0 Å². The van der Waals surface area contributed by atoms with Crippen molar-refractivity contribution in [3.05, 3.63) is 61.2 Å². The maximum atomic E-state index is 15.0. The summed E-state index contributed by atoms with van der Waals surface area (Å²) >= 11 is 0. The summed E-state index contributed by atoms with van der Waals surface area (Å²) in [5.74, 6) is -2.23. The van der Waals surface area contributed by atoms with E-state index in [-0.39, 0.29) is 35.7 Å². The highest BCUT2D eigenvalue weighted by Crippen LogP contribution is 2.60. The minimum Gasteiger partial charge on any atom is -0.394 e. The number of aliphatic hydroxyl groups excluding tert-OH is 1. The lowest BCUT2D eigenvalue weighted by Gasteiger charge is -2.47. The van der Waals surface area contributed by atoms with Gasteiger partial charge in [-0.05, 0) is 50.0 Å². The second-order valence-electron chi connectivity index (χ2n) is 15.2. The molecule has 0 radical (unpaired) electrons. The normalized spacial score (nSPS) is 27.2. The number of carbonyl (C=O) groups is 3. The highest BCUT2D eigenvalue weighted by molar-refractivity contribution is 5.99. The number of rotatable bonds is 14. The lowest BCUT2D eigenvalue weighted by atomic mass is 9.70. The zero-order chi connectivity index (χ0) is 33.3. The van der Waals surface area contributed by atoms with Crippen molar-refractivity contribution in [3.63, 3.8) is 0 Å². The predicted octanol–water partition coefficient (Wildman–Crippen LogP) is 5.21. The van der Waals surface area contributed by atoms with Gasteiger partial charge in [-0.15, -0.1) is 13.2 Å². The number of likely N-dealkylation sites (tertiary alicyclic amines) is 1. The number of carbonyl (C=O) groups excluding carboxylic acids is 3. The van der Waals surface area contributed by atoms with Gasteiger partial charge in [-0.1, -0.05) is 83.5 Å². The van der Waals surface area contributed by atoms with Crippen LogP contribution >= 0.6 is 0 Å². The van der Waals surface area contributed by atoms with Crippen molar-refractivity contribution in [1.82, 2.24) is 14.7 Å². The van der Waals surface area contributed by atoms with Gasteiger partial charge in [0.25, 0.3) is 0 Å². The van der Waals surface area contributed by atoms with E-state index in [2.05, 4.69) is 47.8 Å². The molecular weight excluding hydrogens is 566 g/mol. The fourth-order valence-electron chi connectivity index (χ4n) is 8.53. The fraction of sp³-hybridized carbons (Fsp3) is 0.649. The highest BCUT2D eigenvalue weighted by Gasteiger charge is 2.76. The summed E-state index contributed by atoms with van der Waals surface area (Å²) < 4.78 is 6.79. The smallest absolute Gasteiger partial charge is 0.249 e. The summed E-state index contributed by atoms with van der Waals surface area (Å²) in [6.45, 7) is 23.2. The van der Waals surface area contributed by atoms with Crippen LogP contribution in [0.25, 0.3) is 0 Å². The number of hydrogen-bond donors (Lipinski definition) is 1. The maximum absolute atomic E-state index is 15.0. The molecule has 0 saturated carbocycles. The van der Waals surface area contributed by atoms with Crippen molar-refractivity contribution in [2.75, 3.05) is 19.7 Å². The SMILES string of the molecule is C=CCN(Cc1ccccc1)C(=O)[C@@H]1[C@H]2C(=O)N([C@@H](CO)[C@@H](C)CC)C(C(=O)N(CC=C)C(C)(C)CC(C)(C)C)C23CC[C@H]1O3. The quantitative estimate of drug-likeness (QED) is 0.288. The van der Waals surface area contributed by atoms with Crippen LogP contribution < -0.4 is 0 Å². The molecule has 3 amide bonds. The van der Waals surface area contributed by atoms with Crippen LogP contribution in [0.1, 0.15) is 79.7 Å². The Morgan fingerprint density at radius 2 is 1.76 bits per heavy atom. The van der Waals surface area contributed by atoms with Crippen molar-refractivity contribution in [2.24, 2.45) is 23.2 Å². The van der Waals surface area contributed by atoms with Crippen LogP contribution in [0.5, 0.6) is 0 Å². The van der Waals surface area contributed by atoms with Gasteiger partial charge in [-0.2, -0.15) is 0 Å². The van der Waals surface area contributed by atoms with Crippen LogP contribution in [-0.4, -0.2) is 86.6 Å². The standard InChI is InChI=1S/C37H55N3O5/c1-10-20-38(22-26-16-14-13-15-17-26)32(42)29-28-18-19-37(45-28)30(29)33(43)40(27(23-41)25(4)12-3)31(37)34(44)39(21-11-2)36(8,9)24-35(5,6)7/h10-11,13-17,25,27-31,41H,1-2,12,18-24H2,3-9H3/t25-,27-,28+,29-,30-,31?,37?/m0/s1. The van der Waals surface area contributed by atoms with Gasteiger partial charge in [0.05, 0.1) is 30.6 Å². The van der Waals surface area contributed by atoms with Crippen LogP contribution in [0.4, 0.5) is 0 Å². The number of fused-ring (bicyclic) bond motifs is 1. The molecule has 1 spiro atoms. The molecule has 0 aromatic heterocycles. The second kappa shape index (κ2) is 13.4. The third-order valence-corrected chi connectivity index (χ3v) is 10.3. The molecule has 3 aliphatic heterocycles. The molecule has 3 heterocycles. The van der Waals surface area contributed by atoms with Crippen LogP contribution in [-0.2, 0) is 25.7 Å².